The number of hydrogen-bond acceptors (Lipinski definition) is 9. The fraction of sp³-hybridized carbons (Fsp3) is 0.333. The Hall–Kier alpha value is -3.80. The third-order valence-electron chi connectivity index (χ3n) is 5.81. The normalized spacial score (nSPS) is 15.0. The van der Waals surface area contributed by atoms with E-state index < -0.39 is 17.3 Å². The summed E-state index contributed by atoms with van der Waals surface area (Å²) < 4.78 is 18.9. The van der Waals surface area contributed by atoms with Gasteiger partial charge in [0.2, 0.25) is 5.91 Å². The Labute approximate surface area is 230 Å². The van der Waals surface area contributed by atoms with Crippen LogP contribution in [0.25, 0.3) is 10.9 Å². The van der Waals surface area contributed by atoms with Gasteiger partial charge in [-0.2, -0.15) is 4.89 Å². The molecule has 0 atom stereocenters. The molecule has 0 unspecified atom stereocenters. The number of aromatic nitrogens is 2. The number of ether oxygens (including phenoxy) is 1. The van der Waals surface area contributed by atoms with Gasteiger partial charge in [0.15, 0.2) is 5.75 Å². The smallest absolute Gasteiger partial charge is 0.320 e. The van der Waals surface area contributed by atoms with Gasteiger partial charge in [-0.1, -0.05) is 18.2 Å². The van der Waals surface area contributed by atoms with Crippen molar-refractivity contribution < 1.29 is 28.5 Å². The maximum absolute atomic E-state index is 13.6. The summed E-state index contributed by atoms with van der Waals surface area (Å²) in [6, 6.07) is 7.46. The lowest BCUT2D eigenvalue weighted by atomic mass is 10.1. The highest BCUT2D eigenvalue weighted by Gasteiger charge is 2.32. The third-order valence-corrected chi connectivity index (χ3v) is 6.10. The van der Waals surface area contributed by atoms with Gasteiger partial charge in [-0.05, 0) is 63.6 Å². The number of fused-ring (bicyclic) bond motifs is 1. The van der Waals surface area contributed by atoms with E-state index in [0.717, 1.165) is 19.0 Å². The van der Waals surface area contributed by atoms with Crippen LogP contribution in [-0.4, -0.2) is 58.6 Å². The Balaban J connectivity index is 1.42. The molecule has 10 nitrogen and oxygen atoms in total. The van der Waals surface area contributed by atoms with E-state index in [1.807, 2.05) is 13.8 Å². The lowest BCUT2D eigenvalue weighted by Gasteiger charge is -2.37. The number of rotatable bonds is 11. The molecule has 2 aromatic carbocycles. The molecule has 1 aromatic heterocycles. The molecule has 1 amide bonds. The minimum Gasteiger partial charge on any atom is -0.457 e. The van der Waals surface area contributed by atoms with Crippen molar-refractivity contribution in [3.05, 3.63) is 60.2 Å². The average molecular weight is 558 g/mol. The van der Waals surface area contributed by atoms with Crippen LogP contribution in [0, 0.1) is 5.82 Å². The standard InChI is InChI=1S/C27H29ClFN5O5/c1-4-24(35)33-22-12-18-21(30-16-31-26(18)32-17-7-8-20(29)19(28)11-17)13-23(22)39-37-10-6-5-9-34-14-25(36)38-27(2,3)15-34/h4,7-8,11-13,16H,1,5-6,9-10,14-15H2,2-3H3,(H,33,35)(H,30,31,32). The van der Waals surface area contributed by atoms with Crippen LogP contribution < -0.4 is 15.5 Å². The first-order valence-corrected chi connectivity index (χ1v) is 12.7. The maximum atomic E-state index is 13.6. The zero-order chi connectivity index (χ0) is 28.0. The number of amides is 1. The van der Waals surface area contributed by atoms with Crippen molar-refractivity contribution in [2.45, 2.75) is 32.3 Å². The van der Waals surface area contributed by atoms with Gasteiger partial charge in [0, 0.05) is 23.7 Å². The molecule has 0 radical (unpaired) electrons. The summed E-state index contributed by atoms with van der Waals surface area (Å²) in [6.07, 6.45) is 3.97. The number of anilines is 3. The molecule has 1 aliphatic rings. The molecule has 12 heteroatoms. The summed E-state index contributed by atoms with van der Waals surface area (Å²) in [5.74, 6) is -0.549. The second kappa shape index (κ2) is 12.4. The second-order valence-electron chi connectivity index (χ2n) is 9.59. The van der Waals surface area contributed by atoms with Crippen molar-refractivity contribution in [1.82, 2.24) is 14.9 Å². The third kappa shape index (κ3) is 7.62. The van der Waals surface area contributed by atoms with Gasteiger partial charge in [-0.15, -0.1) is 0 Å². The predicted molar refractivity (Wildman–Crippen MR) is 145 cm³/mol. The lowest BCUT2D eigenvalue weighted by molar-refractivity contribution is -0.207. The largest absolute Gasteiger partial charge is 0.457 e. The van der Waals surface area contributed by atoms with Crippen LogP contribution in [0.3, 0.4) is 0 Å². The SMILES string of the molecule is C=CC(=O)Nc1cc2c(Nc3ccc(F)c(Cl)c3)ncnc2cc1OOCCCCN1CC(=O)OC(C)(C)C1. The first-order chi connectivity index (χ1) is 18.6. The molecule has 3 aromatic rings. The number of hydrogen-bond donors (Lipinski definition) is 2. The molecule has 0 aliphatic carbocycles. The number of nitrogens with zero attached hydrogens (tertiary/aromatic N) is 3. The van der Waals surface area contributed by atoms with E-state index in [0.29, 0.717) is 41.1 Å². The van der Waals surface area contributed by atoms with Crippen LogP contribution in [0.4, 0.5) is 21.6 Å². The van der Waals surface area contributed by atoms with E-state index in [1.165, 1.54) is 24.5 Å². The molecule has 0 bridgehead atoms. The van der Waals surface area contributed by atoms with Crippen LogP contribution in [0.5, 0.6) is 5.75 Å². The molecular formula is C27H29ClFN5O5. The van der Waals surface area contributed by atoms with Gasteiger partial charge in [0.05, 0.1) is 29.4 Å². The van der Waals surface area contributed by atoms with Crippen molar-refractivity contribution in [2.24, 2.45) is 0 Å². The van der Waals surface area contributed by atoms with Gasteiger partial charge in [-0.3, -0.25) is 14.5 Å². The predicted octanol–water partition coefficient (Wildman–Crippen LogP) is 5.02. The summed E-state index contributed by atoms with van der Waals surface area (Å²) in [4.78, 5) is 45.5. The van der Waals surface area contributed by atoms with Crippen LogP contribution in [0.1, 0.15) is 26.7 Å². The van der Waals surface area contributed by atoms with Crippen LogP contribution in [0.15, 0.2) is 49.3 Å². The highest BCUT2D eigenvalue weighted by molar-refractivity contribution is 6.31. The van der Waals surface area contributed by atoms with Gasteiger partial charge in [0.1, 0.15) is 23.6 Å². The topological polar surface area (TPSA) is 115 Å². The van der Waals surface area contributed by atoms with Crippen LogP contribution in [-0.2, 0) is 19.2 Å². The minimum absolute atomic E-state index is 0.0348. The summed E-state index contributed by atoms with van der Waals surface area (Å²) in [7, 11) is 0. The molecular weight excluding hydrogens is 529 g/mol. The highest BCUT2D eigenvalue weighted by Crippen LogP contribution is 2.34. The quantitative estimate of drug-likeness (QED) is 0.110. The number of esters is 1. The van der Waals surface area contributed by atoms with Crippen molar-refractivity contribution in [3.63, 3.8) is 0 Å². The first-order valence-electron chi connectivity index (χ1n) is 12.3. The van der Waals surface area contributed by atoms with Gasteiger partial charge in [-0.25, -0.2) is 14.4 Å². The van der Waals surface area contributed by atoms with Crippen molar-refractivity contribution in [2.75, 3.05) is 36.9 Å². The Kier molecular flexibility index (Phi) is 8.95. The van der Waals surface area contributed by atoms with E-state index in [4.69, 9.17) is 26.1 Å². The van der Waals surface area contributed by atoms with E-state index >= 15 is 0 Å². The van der Waals surface area contributed by atoms with Crippen molar-refractivity contribution >= 4 is 51.6 Å². The lowest BCUT2D eigenvalue weighted by Crippen LogP contribution is -2.50. The van der Waals surface area contributed by atoms with Gasteiger partial charge in [0.25, 0.3) is 0 Å². The molecule has 0 spiro atoms. The molecule has 0 saturated carbocycles. The van der Waals surface area contributed by atoms with Crippen LogP contribution in [0.2, 0.25) is 5.02 Å². The summed E-state index contributed by atoms with van der Waals surface area (Å²) >= 11 is 5.90. The number of carbonyl (C=O) groups is 2. The average Bonchev–Trinajstić information content (AvgIpc) is 2.87. The van der Waals surface area contributed by atoms with E-state index in [-0.39, 0.29) is 29.9 Å². The molecule has 4 rings (SSSR count). The maximum Gasteiger partial charge on any atom is 0.320 e. The number of morpholine rings is 1. The Morgan fingerprint density at radius 3 is 2.85 bits per heavy atom. The zero-order valence-corrected chi connectivity index (χ0v) is 22.4. The number of benzene rings is 2. The second-order valence-corrected chi connectivity index (χ2v) is 10.00. The summed E-state index contributed by atoms with van der Waals surface area (Å²) in [5, 5.41) is 6.32. The van der Waals surface area contributed by atoms with Gasteiger partial charge >= 0.3 is 5.97 Å². The highest BCUT2D eigenvalue weighted by atomic mass is 35.5. The Morgan fingerprint density at radius 2 is 2.10 bits per heavy atom. The van der Waals surface area contributed by atoms with Crippen LogP contribution >= 0.6 is 11.6 Å². The number of nitrogens with one attached hydrogen (secondary N) is 2. The molecule has 206 valence electrons. The van der Waals surface area contributed by atoms with E-state index in [9.17, 15) is 14.0 Å². The molecule has 1 saturated heterocycles. The fourth-order valence-electron chi connectivity index (χ4n) is 4.15. The number of unbranched alkanes of at least 4 members (excludes halogenated alkanes) is 1. The van der Waals surface area contributed by atoms with E-state index in [1.54, 1.807) is 12.1 Å². The number of halogens is 2. The molecule has 1 fully saturated rings. The molecule has 2 heterocycles. The summed E-state index contributed by atoms with van der Waals surface area (Å²) in [5.41, 5.74) is 0.848. The van der Waals surface area contributed by atoms with Crippen molar-refractivity contribution in [1.29, 1.82) is 0 Å². The summed E-state index contributed by atoms with van der Waals surface area (Å²) in [6.45, 7) is 9.23. The molecule has 39 heavy (non-hydrogen) atoms. The number of carbonyl (C=O) groups excluding carboxylic acids is 2. The minimum atomic E-state index is -0.536. The van der Waals surface area contributed by atoms with Gasteiger partial charge < -0.3 is 20.3 Å². The Morgan fingerprint density at radius 1 is 1.28 bits per heavy atom. The zero-order valence-electron chi connectivity index (χ0n) is 21.6. The molecule has 2 N–H and O–H groups in total. The number of cyclic esters (lactones) is 1. The Bertz CT molecular complexity index is 1390. The monoisotopic (exact) mass is 557 g/mol. The molecule has 1 aliphatic heterocycles. The van der Waals surface area contributed by atoms with Crippen molar-refractivity contribution in [3.8, 4) is 5.75 Å². The fourth-order valence-corrected chi connectivity index (χ4v) is 4.33. The first kappa shape index (κ1) is 28.2. The van der Waals surface area contributed by atoms with E-state index in [2.05, 4.69) is 32.1 Å².